The number of benzene rings is 1. The molecule has 100 valence electrons. The SMILES string of the molecule is Clc1ccc(NSC2CCCCCCC2)c(Cl)c1. The fourth-order valence-corrected chi connectivity index (χ4v) is 3.81. The molecule has 0 amide bonds. The van der Waals surface area contributed by atoms with E-state index in [1.54, 1.807) is 6.07 Å². The fourth-order valence-electron chi connectivity index (χ4n) is 2.26. The zero-order valence-electron chi connectivity index (χ0n) is 10.4. The third kappa shape index (κ3) is 4.56. The van der Waals surface area contributed by atoms with Gasteiger partial charge in [0.05, 0.1) is 10.7 Å². The van der Waals surface area contributed by atoms with E-state index in [4.69, 9.17) is 23.2 Å². The smallest absolute Gasteiger partial charge is 0.0660 e. The van der Waals surface area contributed by atoms with Crippen molar-refractivity contribution in [3.05, 3.63) is 28.2 Å². The monoisotopic (exact) mass is 303 g/mol. The van der Waals surface area contributed by atoms with Crippen molar-refractivity contribution in [3.8, 4) is 0 Å². The van der Waals surface area contributed by atoms with Gasteiger partial charge in [0, 0.05) is 10.3 Å². The molecule has 1 aromatic rings. The lowest BCUT2D eigenvalue weighted by Crippen LogP contribution is -2.08. The predicted octanol–water partition coefficient (Wildman–Crippen LogP) is 6.17. The maximum Gasteiger partial charge on any atom is 0.0660 e. The summed E-state index contributed by atoms with van der Waals surface area (Å²) < 4.78 is 3.38. The van der Waals surface area contributed by atoms with Gasteiger partial charge in [-0.15, -0.1) is 0 Å². The van der Waals surface area contributed by atoms with Crippen LogP contribution in [0, 0.1) is 0 Å². The highest BCUT2D eigenvalue weighted by atomic mass is 35.5. The summed E-state index contributed by atoms with van der Waals surface area (Å²) >= 11 is 13.8. The molecule has 1 aliphatic rings. The van der Waals surface area contributed by atoms with E-state index in [1.807, 2.05) is 24.1 Å². The Hall–Kier alpha value is -0.0500. The quantitative estimate of drug-likeness (QED) is 0.670. The number of nitrogens with one attached hydrogen (secondary N) is 1. The number of rotatable bonds is 3. The molecule has 0 atom stereocenters. The van der Waals surface area contributed by atoms with Gasteiger partial charge in [0.1, 0.15) is 0 Å². The summed E-state index contributed by atoms with van der Waals surface area (Å²) in [4.78, 5) is 0. The van der Waals surface area contributed by atoms with Crippen LogP contribution in [0.2, 0.25) is 10.0 Å². The molecule has 1 aromatic carbocycles. The second-order valence-electron chi connectivity index (χ2n) is 4.81. The van der Waals surface area contributed by atoms with E-state index in [1.165, 1.54) is 44.9 Å². The Bertz CT molecular complexity index is 376. The van der Waals surface area contributed by atoms with E-state index in [9.17, 15) is 0 Å². The first kappa shape index (κ1) is 14.4. The van der Waals surface area contributed by atoms with Crippen LogP contribution in [-0.2, 0) is 0 Å². The predicted molar refractivity (Wildman–Crippen MR) is 83.8 cm³/mol. The van der Waals surface area contributed by atoms with Crippen LogP contribution in [0.1, 0.15) is 44.9 Å². The zero-order chi connectivity index (χ0) is 12.8. The Morgan fingerprint density at radius 3 is 2.33 bits per heavy atom. The third-order valence-corrected chi connectivity index (χ3v) is 5.01. The van der Waals surface area contributed by atoms with Crippen LogP contribution < -0.4 is 4.72 Å². The minimum absolute atomic E-state index is 0.682. The molecule has 4 heteroatoms. The van der Waals surface area contributed by atoms with Crippen molar-refractivity contribution in [2.24, 2.45) is 0 Å². The van der Waals surface area contributed by atoms with E-state index in [0.717, 1.165) is 5.69 Å². The molecule has 1 N–H and O–H groups in total. The van der Waals surface area contributed by atoms with Crippen LogP contribution >= 0.6 is 35.1 Å². The average Bonchev–Trinajstić information content (AvgIpc) is 2.29. The lowest BCUT2D eigenvalue weighted by atomic mass is 10.0. The number of halogens is 2. The molecule has 1 fully saturated rings. The van der Waals surface area contributed by atoms with Gasteiger partial charge in [0.15, 0.2) is 0 Å². The maximum atomic E-state index is 6.15. The van der Waals surface area contributed by atoms with Crippen LogP contribution in [0.15, 0.2) is 18.2 Å². The summed E-state index contributed by atoms with van der Waals surface area (Å²) in [5, 5.41) is 2.08. The van der Waals surface area contributed by atoms with Gasteiger partial charge in [-0.05, 0) is 43.0 Å². The number of hydrogen-bond donors (Lipinski definition) is 1. The van der Waals surface area contributed by atoms with E-state index in [0.29, 0.717) is 15.3 Å². The molecule has 0 radical (unpaired) electrons. The van der Waals surface area contributed by atoms with E-state index in [2.05, 4.69) is 4.72 Å². The molecule has 0 saturated heterocycles. The fraction of sp³-hybridized carbons (Fsp3) is 0.571. The maximum absolute atomic E-state index is 6.15. The summed E-state index contributed by atoms with van der Waals surface area (Å²) in [6.45, 7) is 0. The summed E-state index contributed by atoms with van der Waals surface area (Å²) in [7, 11) is 0. The first-order valence-electron chi connectivity index (χ1n) is 6.62. The third-order valence-electron chi connectivity index (χ3n) is 3.32. The molecule has 0 heterocycles. The molecule has 1 aliphatic carbocycles. The highest BCUT2D eigenvalue weighted by Gasteiger charge is 2.12. The zero-order valence-corrected chi connectivity index (χ0v) is 12.8. The van der Waals surface area contributed by atoms with Gasteiger partial charge in [-0.1, -0.05) is 55.3 Å². The Morgan fingerprint density at radius 2 is 1.67 bits per heavy atom. The molecule has 1 nitrogen and oxygen atoms in total. The lowest BCUT2D eigenvalue weighted by Gasteiger charge is -2.20. The summed E-state index contributed by atoms with van der Waals surface area (Å²) in [5.74, 6) is 0. The topological polar surface area (TPSA) is 12.0 Å². The van der Waals surface area contributed by atoms with Crippen LogP contribution in [0.5, 0.6) is 0 Å². The highest BCUT2D eigenvalue weighted by Crippen LogP contribution is 2.31. The van der Waals surface area contributed by atoms with Gasteiger partial charge in [0.2, 0.25) is 0 Å². The molecule has 2 rings (SSSR count). The molecule has 18 heavy (non-hydrogen) atoms. The Kier molecular flexibility index (Phi) is 6.00. The molecule has 0 spiro atoms. The average molecular weight is 304 g/mol. The van der Waals surface area contributed by atoms with Crippen molar-refractivity contribution in [2.75, 3.05) is 4.72 Å². The summed E-state index contributed by atoms with van der Waals surface area (Å²) in [5.41, 5.74) is 0.966. The van der Waals surface area contributed by atoms with E-state index in [-0.39, 0.29) is 0 Å². The van der Waals surface area contributed by atoms with Gasteiger partial charge in [0.25, 0.3) is 0 Å². The summed E-state index contributed by atoms with van der Waals surface area (Å²) in [6.07, 6.45) is 9.51. The standard InChI is InChI=1S/C14H19Cl2NS/c15-11-8-9-14(13(16)10-11)17-18-12-6-4-2-1-3-5-7-12/h8-10,12,17H,1-7H2. The normalized spacial score (nSPS) is 18.1. The van der Waals surface area contributed by atoms with Gasteiger partial charge in [-0.3, -0.25) is 0 Å². The molecular formula is C14H19Cl2NS. The number of anilines is 1. The number of hydrogen-bond acceptors (Lipinski definition) is 2. The molecule has 0 unspecified atom stereocenters. The molecule has 0 aliphatic heterocycles. The van der Waals surface area contributed by atoms with Gasteiger partial charge < -0.3 is 4.72 Å². The van der Waals surface area contributed by atoms with Crippen molar-refractivity contribution in [1.82, 2.24) is 0 Å². The van der Waals surface area contributed by atoms with E-state index < -0.39 is 0 Å². The molecule has 0 aromatic heterocycles. The van der Waals surface area contributed by atoms with Gasteiger partial charge in [-0.2, -0.15) is 0 Å². The van der Waals surface area contributed by atoms with Crippen LogP contribution in [0.4, 0.5) is 5.69 Å². The molecular weight excluding hydrogens is 285 g/mol. The largest absolute Gasteiger partial charge is 0.328 e. The van der Waals surface area contributed by atoms with Crippen LogP contribution in [0.25, 0.3) is 0 Å². The van der Waals surface area contributed by atoms with Crippen molar-refractivity contribution in [1.29, 1.82) is 0 Å². The first-order chi connectivity index (χ1) is 8.75. The highest BCUT2D eigenvalue weighted by molar-refractivity contribution is 8.01. The minimum Gasteiger partial charge on any atom is -0.328 e. The molecule has 1 saturated carbocycles. The first-order valence-corrected chi connectivity index (χ1v) is 8.26. The van der Waals surface area contributed by atoms with Crippen LogP contribution in [0.3, 0.4) is 0 Å². The molecule has 0 bridgehead atoms. The lowest BCUT2D eigenvalue weighted by molar-refractivity contribution is 0.513. The van der Waals surface area contributed by atoms with Crippen molar-refractivity contribution < 1.29 is 0 Å². The Morgan fingerprint density at radius 1 is 1.00 bits per heavy atom. The summed E-state index contributed by atoms with van der Waals surface area (Å²) in [6, 6.07) is 5.60. The Labute approximate surface area is 124 Å². The Balaban J connectivity index is 1.85. The van der Waals surface area contributed by atoms with Crippen molar-refractivity contribution in [2.45, 2.75) is 50.2 Å². The second-order valence-corrected chi connectivity index (χ2v) is 6.76. The van der Waals surface area contributed by atoms with Crippen molar-refractivity contribution >= 4 is 40.8 Å². The van der Waals surface area contributed by atoms with Crippen molar-refractivity contribution in [3.63, 3.8) is 0 Å². The van der Waals surface area contributed by atoms with E-state index >= 15 is 0 Å². The van der Waals surface area contributed by atoms with Gasteiger partial charge in [-0.25, -0.2) is 0 Å². The minimum atomic E-state index is 0.682. The van der Waals surface area contributed by atoms with Gasteiger partial charge >= 0.3 is 0 Å². The second kappa shape index (κ2) is 7.52. The van der Waals surface area contributed by atoms with Crippen LogP contribution in [-0.4, -0.2) is 5.25 Å².